The maximum absolute atomic E-state index is 3.55. The first-order chi connectivity index (χ1) is 6.69. The van der Waals surface area contributed by atoms with Gasteiger partial charge in [-0.2, -0.15) is 0 Å². The van der Waals surface area contributed by atoms with Gasteiger partial charge < -0.3 is 5.32 Å². The van der Waals surface area contributed by atoms with Crippen LogP contribution in [-0.2, 0) is 0 Å². The molecule has 0 amide bonds. The zero-order valence-electron chi connectivity index (χ0n) is 9.63. The number of rotatable bonds is 5. The molecule has 0 bridgehead atoms. The van der Waals surface area contributed by atoms with Gasteiger partial charge in [0.05, 0.1) is 0 Å². The van der Waals surface area contributed by atoms with Crippen molar-refractivity contribution in [3.63, 3.8) is 0 Å². The summed E-state index contributed by atoms with van der Waals surface area (Å²) in [6.07, 6.45) is 1.20. The van der Waals surface area contributed by atoms with Gasteiger partial charge in [0.25, 0.3) is 0 Å². The molecule has 2 atom stereocenters. The minimum Gasteiger partial charge on any atom is -0.314 e. The van der Waals surface area contributed by atoms with E-state index in [0.29, 0.717) is 12.0 Å². The van der Waals surface area contributed by atoms with Gasteiger partial charge in [0.1, 0.15) is 0 Å². The fourth-order valence-electron chi connectivity index (χ4n) is 1.83. The summed E-state index contributed by atoms with van der Waals surface area (Å²) in [5, 5.41) is 3.55. The monoisotopic (exact) mass is 211 g/mol. The Labute approximate surface area is 91.5 Å². The summed E-state index contributed by atoms with van der Waals surface area (Å²) in [4.78, 5) is 2.92. The average Bonchev–Trinajstić information content (AvgIpc) is 2.60. The van der Waals surface area contributed by atoms with E-state index < -0.39 is 0 Å². The van der Waals surface area contributed by atoms with E-state index in [2.05, 4.69) is 45.1 Å². The fourth-order valence-corrected chi connectivity index (χ4v) is 2.83. The quantitative estimate of drug-likeness (QED) is 0.785. The summed E-state index contributed by atoms with van der Waals surface area (Å²) in [6, 6.07) is 5.11. The van der Waals surface area contributed by atoms with Crippen LogP contribution in [0.4, 0.5) is 0 Å². The predicted octanol–water partition coefficient (Wildman–Crippen LogP) is 3.55. The first-order valence-electron chi connectivity index (χ1n) is 5.48. The van der Waals surface area contributed by atoms with Crippen LogP contribution in [0.2, 0.25) is 0 Å². The molecule has 0 fully saturated rings. The van der Waals surface area contributed by atoms with Crippen LogP contribution < -0.4 is 5.32 Å². The lowest BCUT2D eigenvalue weighted by Gasteiger charge is -2.22. The molecule has 1 nitrogen and oxygen atoms in total. The summed E-state index contributed by atoms with van der Waals surface area (Å²) < 4.78 is 0. The van der Waals surface area contributed by atoms with Crippen LogP contribution in [0.3, 0.4) is 0 Å². The molecule has 1 heterocycles. The summed E-state index contributed by atoms with van der Waals surface area (Å²) in [6.45, 7) is 9.99. The van der Waals surface area contributed by atoms with Crippen molar-refractivity contribution in [1.82, 2.24) is 5.32 Å². The van der Waals surface area contributed by atoms with Crippen molar-refractivity contribution in [2.75, 3.05) is 6.54 Å². The molecule has 2 heteroatoms. The molecule has 1 aromatic heterocycles. The second-order valence-corrected chi connectivity index (χ2v) is 5.13. The van der Waals surface area contributed by atoms with Crippen molar-refractivity contribution in [3.8, 4) is 0 Å². The van der Waals surface area contributed by atoms with Crippen LogP contribution in [-0.4, -0.2) is 12.6 Å². The van der Waals surface area contributed by atoms with Crippen molar-refractivity contribution in [2.45, 2.75) is 46.1 Å². The van der Waals surface area contributed by atoms with E-state index >= 15 is 0 Å². The Hall–Kier alpha value is -0.340. The second-order valence-electron chi connectivity index (χ2n) is 3.81. The zero-order valence-corrected chi connectivity index (χ0v) is 10.4. The van der Waals surface area contributed by atoms with E-state index in [1.165, 1.54) is 16.2 Å². The number of thiophene rings is 1. The molecular formula is C12H21NS. The number of likely N-dealkylation sites (N-methyl/N-ethyl adjacent to an activating group) is 1. The van der Waals surface area contributed by atoms with Gasteiger partial charge in [0.15, 0.2) is 0 Å². The first kappa shape index (κ1) is 11.7. The number of hydrogen-bond donors (Lipinski definition) is 1. The average molecular weight is 211 g/mol. The molecule has 0 aliphatic heterocycles. The molecule has 1 N–H and O–H groups in total. The Bertz CT molecular complexity index is 267. The van der Waals surface area contributed by atoms with Crippen molar-refractivity contribution >= 4 is 11.3 Å². The highest BCUT2D eigenvalue weighted by Gasteiger charge is 2.17. The maximum Gasteiger partial charge on any atom is 0.0138 e. The van der Waals surface area contributed by atoms with E-state index in [9.17, 15) is 0 Å². The lowest BCUT2D eigenvalue weighted by molar-refractivity contribution is 0.453. The molecule has 0 aliphatic carbocycles. The predicted molar refractivity (Wildman–Crippen MR) is 65.2 cm³/mol. The van der Waals surface area contributed by atoms with Crippen LogP contribution >= 0.6 is 11.3 Å². The van der Waals surface area contributed by atoms with Gasteiger partial charge in [-0.1, -0.05) is 20.8 Å². The van der Waals surface area contributed by atoms with Gasteiger partial charge in [-0.3, -0.25) is 0 Å². The summed E-state index contributed by atoms with van der Waals surface area (Å²) in [7, 11) is 0. The highest BCUT2D eigenvalue weighted by Crippen LogP contribution is 2.27. The SMILES string of the molecule is CCNC(CC)C(C)c1ccc(C)s1. The molecule has 0 saturated heterocycles. The summed E-state index contributed by atoms with van der Waals surface area (Å²) >= 11 is 1.93. The van der Waals surface area contributed by atoms with Gasteiger partial charge >= 0.3 is 0 Å². The first-order valence-corrected chi connectivity index (χ1v) is 6.30. The Balaban J connectivity index is 2.66. The second kappa shape index (κ2) is 5.52. The van der Waals surface area contributed by atoms with E-state index in [1.54, 1.807) is 0 Å². The zero-order chi connectivity index (χ0) is 10.6. The molecule has 0 spiro atoms. The molecule has 1 aromatic rings. The molecule has 80 valence electrons. The van der Waals surface area contributed by atoms with Gasteiger partial charge in [-0.05, 0) is 32.0 Å². The number of nitrogens with one attached hydrogen (secondary N) is 1. The smallest absolute Gasteiger partial charge is 0.0138 e. The molecule has 1 rings (SSSR count). The largest absolute Gasteiger partial charge is 0.314 e. The molecular weight excluding hydrogens is 190 g/mol. The molecule has 2 unspecified atom stereocenters. The van der Waals surface area contributed by atoms with Crippen LogP contribution in [0, 0.1) is 6.92 Å². The van der Waals surface area contributed by atoms with Gasteiger partial charge in [-0.15, -0.1) is 11.3 Å². The third-order valence-corrected chi connectivity index (χ3v) is 3.92. The normalized spacial score (nSPS) is 15.4. The van der Waals surface area contributed by atoms with E-state index in [0.717, 1.165) is 6.54 Å². The van der Waals surface area contributed by atoms with Gasteiger partial charge in [0, 0.05) is 21.7 Å². The lowest BCUT2D eigenvalue weighted by atomic mass is 9.98. The minimum atomic E-state index is 0.623. The van der Waals surface area contributed by atoms with E-state index in [-0.39, 0.29) is 0 Å². The minimum absolute atomic E-state index is 0.623. The van der Waals surface area contributed by atoms with Crippen LogP contribution in [0.1, 0.15) is 42.9 Å². The highest BCUT2D eigenvalue weighted by atomic mass is 32.1. The summed E-state index contributed by atoms with van der Waals surface area (Å²) in [5.41, 5.74) is 0. The number of aryl methyl sites for hydroxylation is 1. The standard InChI is InChI=1S/C12H21NS/c1-5-11(13-6-2)10(4)12-8-7-9(3)14-12/h7-8,10-11,13H,5-6H2,1-4H3. The van der Waals surface area contributed by atoms with E-state index in [4.69, 9.17) is 0 Å². The third kappa shape index (κ3) is 2.82. The Morgan fingerprint density at radius 3 is 2.50 bits per heavy atom. The van der Waals surface area contributed by atoms with Crippen molar-refractivity contribution in [1.29, 1.82) is 0 Å². The fraction of sp³-hybridized carbons (Fsp3) is 0.667. The number of hydrogen-bond acceptors (Lipinski definition) is 2. The van der Waals surface area contributed by atoms with Gasteiger partial charge in [0.2, 0.25) is 0 Å². The Morgan fingerprint density at radius 1 is 1.36 bits per heavy atom. The Morgan fingerprint density at radius 2 is 2.07 bits per heavy atom. The van der Waals surface area contributed by atoms with Crippen LogP contribution in [0.25, 0.3) is 0 Å². The maximum atomic E-state index is 3.55. The molecule has 0 aromatic carbocycles. The lowest BCUT2D eigenvalue weighted by Crippen LogP contribution is -2.32. The van der Waals surface area contributed by atoms with Crippen LogP contribution in [0.15, 0.2) is 12.1 Å². The topological polar surface area (TPSA) is 12.0 Å². The molecule has 0 saturated carbocycles. The molecule has 0 aliphatic rings. The molecule has 0 radical (unpaired) electrons. The van der Waals surface area contributed by atoms with Gasteiger partial charge in [-0.25, -0.2) is 0 Å². The van der Waals surface area contributed by atoms with Crippen LogP contribution in [0.5, 0.6) is 0 Å². The highest BCUT2D eigenvalue weighted by molar-refractivity contribution is 7.12. The molecule has 14 heavy (non-hydrogen) atoms. The third-order valence-electron chi connectivity index (χ3n) is 2.72. The van der Waals surface area contributed by atoms with E-state index in [1.807, 2.05) is 11.3 Å². The van der Waals surface area contributed by atoms with Crippen molar-refractivity contribution in [2.24, 2.45) is 0 Å². The Kier molecular flexibility index (Phi) is 4.63. The van der Waals surface area contributed by atoms with Crippen molar-refractivity contribution < 1.29 is 0 Å². The summed E-state index contributed by atoms with van der Waals surface area (Å²) in [5.74, 6) is 0.638. The van der Waals surface area contributed by atoms with Crippen molar-refractivity contribution in [3.05, 3.63) is 21.9 Å².